The largest absolute Gasteiger partial charge is 0.337 e. The summed E-state index contributed by atoms with van der Waals surface area (Å²) in [7, 11) is 0. The molecule has 0 spiro atoms. The van der Waals surface area contributed by atoms with E-state index in [1.807, 2.05) is 0 Å². The second kappa shape index (κ2) is 6.13. The Kier molecular flexibility index (Phi) is 4.23. The average molecular weight is 372 g/mol. The van der Waals surface area contributed by atoms with Gasteiger partial charge >= 0.3 is 0 Å². The number of carbonyl (C=O) groups excluding carboxylic acids is 1. The fourth-order valence-electron chi connectivity index (χ4n) is 2.14. The highest BCUT2D eigenvalue weighted by molar-refractivity contribution is 9.10. The highest BCUT2D eigenvalue weighted by Crippen LogP contribution is 2.26. The minimum Gasteiger partial charge on any atom is -0.337 e. The van der Waals surface area contributed by atoms with E-state index in [4.69, 9.17) is 16.1 Å². The first kappa shape index (κ1) is 14.5. The molecule has 1 amide bonds. The van der Waals surface area contributed by atoms with Crippen LogP contribution in [0.25, 0.3) is 0 Å². The topological polar surface area (TPSA) is 80.0 Å². The fourth-order valence-corrected chi connectivity index (χ4v) is 2.65. The van der Waals surface area contributed by atoms with Gasteiger partial charge in [-0.05, 0) is 53.5 Å². The number of amides is 1. The van der Waals surface area contributed by atoms with E-state index < -0.39 is 5.91 Å². The number of nitrogens with one attached hydrogen (secondary N) is 2. The van der Waals surface area contributed by atoms with Crippen molar-refractivity contribution in [2.75, 3.05) is 11.9 Å². The first-order valence-corrected chi connectivity index (χ1v) is 7.64. The fraction of sp³-hybridized carbons (Fsp3) is 0.308. The summed E-state index contributed by atoms with van der Waals surface area (Å²) >= 11 is 9.25. The summed E-state index contributed by atoms with van der Waals surface area (Å²) in [5.74, 6) is 0.0133. The van der Waals surface area contributed by atoms with E-state index in [0.717, 1.165) is 23.9 Å². The van der Waals surface area contributed by atoms with Crippen LogP contribution in [0.2, 0.25) is 5.02 Å². The third kappa shape index (κ3) is 3.25. The molecule has 1 fully saturated rings. The van der Waals surface area contributed by atoms with Gasteiger partial charge in [0.25, 0.3) is 11.7 Å². The SMILES string of the molecule is O=C(Nc1cc(Cl)ccc1Br)c1noc(C2CCCN2)n1. The highest BCUT2D eigenvalue weighted by atomic mass is 79.9. The minimum atomic E-state index is -0.439. The van der Waals surface area contributed by atoms with Crippen LogP contribution >= 0.6 is 27.5 Å². The summed E-state index contributed by atoms with van der Waals surface area (Å²) in [4.78, 5) is 16.3. The molecule has 8 heteroatoms. The molecule has 0 saturated carbocycles. The zero-order valence-electron chi connectivity index (χ0n) is 10.9. The van der Waals surface area contributed by atoms with Crippen molar-refractivity contribution in [2.24, 2.45) is 0 Å². The maximum Gasteiger partial charge on any atom is 0.297 e. The van der Waals surface area contributed by atoms with E-state index in [-0.39, 0.29) is 11.9 Å². The standard InChI is InChI=1S/C13H12BrClN4O2/c14-8-4-3-7(15)6-10(8)17-12(20)11-18-13(21-19-11)9-2-1-5-16-9/h3-4,6,9,16H,1-2,5H2,(H,17,20). The van der Waals surface area contributed by atoms with Gasteiger partial charge in [-0.25, -0.2) is 0 Å². The molecule has 6 nitrogen and oxygen atoms in total. The van der Waals surface area contributed by atoms with Crippen molar-refractivity contribution >= 4 is 39.1 Å². The van der Waals surface area contributed by atoms with Gasteiger partial charge in [-0.1, -0.05) is 16.8 Å². The number of aromatic nitrogens is 2. The molecule has 21 heavy (non-hydrogen) atoms. The van der Waals surface area contributed by atoms with Gasteiger partial charge < -0.3 is 15.2 Å². The zero-order chi connectivity index (χ0) is 14.8. The molecule has 3 rings (SSSR count). The molecular weight excluding hydrogens is 360 g/mol. The Labute approximate surface area is 134 Å². The second-order valence-corrected chi connectivity index (χ2v) is 5.97. The Morgan fingerprint density at radius 3 is 3.14 bits per heavy atom. The van der Waals surface area contributed by atoms with E-state index in [9.17, 15) is 4.79 Å². The molecule has 2 heterocycles. The van der Waals surface area contributed by atoms with Gasteiger partial charge in [0.1, 0.15) is 0 Å². The molecule has 1 saturated heterocycles. The van der Waals surface area contributed by atoms with Crippen LogP contribution in [0.5, 0.6) is 0 Å². The molecule has 1 aromatic carbocycles. The minimum absolute atomic E-state index is 0.00516. The zero-order valence-corrected chi connectivity index (χ0v) is 13.2. The lowest BCUT2D eigenvalue weighted by molar-refractivity contribution is 0.101. The van der Waals surface area contributed by atoms with E-state index in [2.05, 4.69) is 36.7 Å². The van der Waals surface area contributed by atoms with Crippen molar-refractivity contribution in [1.29, 1.82) is 0 Å². The Morgan fingerprint density at radius 2 is 2.38 bits per heavy atom. The summed E-state index contributed by atoms with van der Waals surface area (Å²) in [5.41, 5.74) is 0.554. The molecule has 1 aliphatic heterocycles. The number of benzene rings is 1. The van der Waals surface area contributed by atoms with Gasteiger partial charge in [-0.15, -0.1) is 0 Å². The summed E-state index contributed by atoms with van der Waals surface area (Å²) in [5, 5.41) is 10.2. The quantitative estimate of drug-likeness (QED) is 0.866. The van der Waals surface area contributed by atoms with E-state index >= 15 is 0 Å². The second-order valence-electron chi connectivity index (χ2n) is 4.68. The van der Waals surface area contributed by atoms with Crippen molar-refractivity contribution < 1.29 is 9.32 Å². The first-order valence-electron chi connectivity index (χ1n) is 6.47. The number of nitrogens with zero attached hydrogens (tertiary/aromatic N) is 2. The van der Waals surface area contributed by atoms with Crippen molar-refractivity contribution in [2.45, 2.75) is 18.9 Å². The predicted molar refractivity (Wildman–Crippen MR) is 81.4 cm³/mol. The van der Waals surface area contributed by atoms with Crippen LogP contribution in [-0.4, -0.2) is 22.6 Å². The van der Waals surface area contributed by atoms with Crippen LogP contribution in [0, 0.1) is 0 Å². The van der Waals surface area contributed by atoms with Crippen molar-refractivity contribution in [3.63, 3.8) is 0 Å². The van der Waals surface area contributed by atoms with Gasteiger partial charge in [0, 0.05) is 9.50 Å². The summed E-state index contributed by atoms with van der Waals surface area (Å²) in [6.45, 7) is 0.921. The monoisotopic (exact) mass is 370 g/mol. The molecule has 2 aromatic rings. The van der Waals surface area contributed by atoms with E-state index in [1.165, 1.54) is 0 Å². The van der Waals surface area contributed by atoms with E-state index in [1.54, 1.807) is 18.2 Å². The number of carbonyl (C=O) groups is 1. The van der Waals surface area contributed by atoms with Gasteiger partial charge in [0.15, 0.2) is 0 Å². The molecule has 1 aromatic heterocycles. The van der Waals surface area contributed by atoms with Crippen LogP contribution < -0.4 is 10.6 Å². The van der Waals surface area contributed by atoms with Crippen LogP contribution in [0.4, 0.5) is 5.69 Å². The van der Waals surface area contributed by atoms with Gasteiger partial charge in [-0.3, -0.25) is 4.79 Å². The van der Waals surface area contributed by atoms with Crippen LogP contribution in [0.3, 0.4) is 0 Å². The molecule has 0 aliphatic carbocycles. The lowest BCUT2D eigenvalue weighted by Crippen LogP contribution is -2.16. The normalized spacial score (nSPS) is 17.9. The van der Waals surface area contributed by atoms with Crippen LogP contribution in [-0.2, 0) is 0 Å². The van der Waals surface area contributed by atoms with Crippen molar-refractivity contribution in [1.82, 2.24) is 15.5 Å². The van der Waals surface area contributed by atoms with Gasteiger partial charge in [0.05, 0.1) is 11.7 Å². The summed E-state index contributed by atoms with van der Waals surface area (Å²) in [6, 6.07) is 5.15. The number of halogens is 2. The molecule has 0 bridgehead atoms. The van der Waals surface area contributed by atoms with E-state index in [0.29, 0.717) is 16.6 Å². The van der Waals surface area contributed by atoms with Gasteiger partial charge in [-0.2, -0.15) is 4.98 Å². The van der Waals surface area contributed by atoms with Crippen LogP contribution in [0.15, 0.2) is 27.2 Å². The number of hydrogen-bond acceptors (Lipinski definition) is 5. The molecule has 110 valence electrons. The number of rotatable bonds is 3. The van der Waals surface area contributed by atoms with Crippen LogP contribution in [0.1, 0.15) is 35.4 Å². The number of hydrogen-bond donors (Lipinski definition) is 2. The van der Waals surface area contributed by atoms with Crippen molar-refractivity contribution in [3.8, 4) is 0 Å². The predicted octanol–water partition coefficient (Wildman–Crippen LogP) is 3.16. The summed E-state index contributed by atoms with van der Waals surface area (Å²) in [6.07, 6.45) is 1.99. The summed E-state index contributed by atoms with van der Waals surface area (Å²) < 4.78 is 5.86. The molecule has 1 unspecified atom stereocenters. The highest BCUT2D eigenvalue weighted by Gasteiger charge is 2.24. The maximum atomic E-state index is 12.1. The molecule has 1 aliphatic rings. The Bertz CT molecular complexity index is 670. The third-order valence-corrected chi connectivity index (χ3v) is 4.11. The van der Waals surface area contributed by atoms with Gasteiger partial charge in [0.2, 0.25) is 5.89 Å². The third-order valence-electron chi connectivity index (χ3n) is 3.18. The first-order chi connectivity index (χ1) is 10.1. The maximum absolute atomic E-state index is 12.1. The lowest BCUT2D eigenvalue weighted by atomic mass is 10.2. The lowest BCUT2D eigenvalue weighted by Gasteiger charge is -2.05. The Hall–Kier alpha value is -1.44. The Balaban J connectivity index is 1.74. The molecule has 2 N–H and O–H groups in total. The number of anilines is 1. The average Bonchev–Trinajstić information content (AvgIpc) is 3.12. The molecule has 0 radical (unpaired) electrons. The van der Waals surface area contributed by atoms with Crippen molar-refractivity contribution in [3.05, 3.63) is 39.4 Å². The molecule has 1 atom stereocenters. The Morgan fingerprint density at radius 1 is 1.52 bits per heavy atom. The smallest absolute Gasteiger partial charge is 0.297 e. The molecular formula is C13H12BrClN4O2.